The molecule has 2 aromatic rings. The van der Waals surface area contributed by atoms with E-state index in [0.717, 1.165) is 5.56 Å². The molecule has 0 saturated heterocycles. The summed E-state index contributed by atoms with van der Waals surface area (Å²) in [5, 5.41) is 3.57. The molecule has 0 aliphatic heterocycles. The van der Waals surface area contributed by atoms with Crippen LogP contribution < -0.4 is 10.1 Å². The van der Waals surface area contributed by atoms with Gasteiger partial charge in [-0.25, -0.2) is 0 Å². The highest BCUT2D eigenvalue weighted by atomic mass is 35.5. The van der Waals surface area contributed by atoms with Gasteiger partial charge in [0.15, 0.2) is 0 Å². The SMILES string of the molecule is CC(C)Oc1ccccc1C(=O)NCc1ccc(Cl)cc1. The van der Waals surface area contributed by atoms with Crippen molar-refractivity contribution >= 4 is 17.5 Å². The van der Waals surface area contributed by atoms with E-state index in [4.69, 9.17) is 16.3 Å². The first-order chi connectivity index (χ1) is 10.1. The summed E-state index contributed by atoms with van der Waals surface area (Å²) < 4.78 is 5.66. The summed E-state index contributed by atoms with van der Waals surface area (Å²) in [6.45, 7) is 4.32. The Morgan fingerprint density at radius 3 is 2.48 bits per heavy atom. The Kier molecular flexibility index (Phi) is 5.23. The molecule has 2 rings (SSSR count). The molecule has 0 spiro atoms. The zero-order valence-electron chi connectivity index (χ0n) is 12.1. The van der Waals surface area contributed by atoms with Crippen LogP contribution in [0.5, 0.6) is 5.75 Å². The topological polar surface area (TPSA) is 38.3 Å². The summed E-state index contributed by atoms with van der Waals surface area (Å²) in [4.78, 5) is 12.3. The molecule has 1 N–H and O–H groups in total. The van der Waals surface area contributed by atoms with Gasteiger partial charge in [-0.15, -0.1) is 0 Å². The molecule has 0 saturated carbocycles. The van der Waals surface area contributed by atoms with E-state index in [1.807, 2.05) is 38.1 Å². The summed E-state index contributed by atoms with van der Waals surface area (Å²) >= 11 is 5.84. The standard InChI is InChI=1S/C17H18ClNO2/c1-12(2)21-16-6-4-3-5-15(16)17(20)19-11-13-7-9-14(18)10-8-13/h3-10,12H,11H2,1-2H3,(H,19,20). The Bertz CT molecular complexity index is 608. The highest BCUT2D eigenvalue weighted by Crippen LogP contribution is 2.19. The maximum absolute atomic E-state index is 12.3. The van der Waals surface area contributed by atoms with Crippen molar-refractivity contribution in [3.63, 3.8) is 0 Å². The second kappa shape index (κ2) is 7.14. The fourth-order valence-electron chi connectivity index (χ4n) is 1.89. The van der Waals surface area contributed by atoms with E-state index in [1.165, 1.54) is 0 Å². The summed E-state index contributed by atoms with van der Waals surface area (Å²) in [6, 6.07) is 14.6. The molecule has 0 heterocycles. The van der Waals surface area contributed by atoms with E-state index in [2.05, 4.69) is 5.32 Å². The number of hydrogen-bond donors (Lipinski definition) is 1. The van der Waals surface area contributed by atoms with Crippen LogP contribution in [0.2, 0.25) is 5.02 Å². The second-order valence-electron chi connectivity index (χ2n) is 4.97. The van der Waals surface area contributed by atoms with Crippen LogP contribution in [0.15, 0.2) is 48.5 Å². The summed E-state index contributed by atoms with van der Waals surface area (Å²) in [7, 11) is 0. The third-order valence-electron chi connectivity index (χ3n) is 2.86. The first-order valence-electron chi connectivity index (χ1n) is 6.84. The van der Waals surface area contributed by atoms with Crippen molar-refractivity contribution < 1.29 is 9.53 Å². The van der Waals surface area contributed by atoms with Crippen LogP contribution >= 0.6 is 11.6 Å². The van der Waals surface area contributed by atoms with E-state index in [1.54, 1.807) is 24.3 Å². The molecule has 0 fully saturated rings. The Morgan fingerprint density at radius 2 is 1.81 bits per heavy atom. The first kappa shape index (κ1) is 15.4. The van der Waals surface area contributed by atoms with Crippen molar-refractivity contribution in [3.05, 3.63) is 64.7 Å². The Labute approximate surface area is 129 Å². The Hall–Kier alpha value is -2.00. The van der Waals surface area contributed by atoms with Crippen molar-refractivity contribution in [1.29, 1.82) is 0 Å². The van der Waals surface area contributed by atoms with Gasteiger partial charge < -0.3 is 10.1 Å². The minimum Gasteiger partial charge on any atom is -0.490 e. The molecule has 0 unspecified atom stereocenters. The molecule has 1 amide bonds. The van der Waals surface area contributed by atoms with Crippen LogP contribution in [0.25, 0.3) is 0 Å². The van der Waals surface area contributed by atoms with Crippen molar-refractivity contribution in [2.24, 2.45) is 0 Å². The van der Waals surface area contributed by atoms with Crippen molar-refractivity contribution in [2.45, 2.75) is 26.5 Å². The van der Waals surface area contributed by atoms with Crippen LogP contribution in [0.3, 0.4) is 0 Å². The number of carbonyl (C=O) groups is 1. The maximum Gasteiger partial charge on any atom is 0.255 e. The third kappa shape index (κ3) is 4.50. The zero-order chi connectivity index (χ0) is 15.2. The van der Waals surface area contributed by atoms with Crippen LogP contribution in [-0.4, -0.2) is 12.0 Å². The largest absolute Gasteiger partial charge is 0.490 e. The van der Waals surface area contributed by atoms with Crippen LogP contribution in [0, 0.1) is 0 Å². The van der Waals surface area contributed by atoms with Crippen LogP contribution in [-0.2, 0) is 6.54 Å². The molecule has 0 aliphatic carbocycles. The molecule has 0 bridgehead atoms. The van der Waals surface area contributed by atoms with Crippen molar-refractivity contribution in [2.75, 3.05) is 0 Å². The Morgan fingerprint density at radius 1 is 1.14 bits per heavy atom. The Balaban J connectivity index is 2.05. The fraction of sp³-hybridized carbons (Fsp3) is 0.235. The number of amides is 1. The maximum atomic E-state index is 12.3. The van der Waals surface area contributed by atoms with Gasteiger partial charge in [0, 0.05) is 11.6 Å². The molecule has 2 aromatic carbocycles. The van der Waals surface area contributed by atoms with Gasteiger partial charge in [0.05, 0.1) is 11.7 Å². The number of ether oxygens (including phenoxy) is 1. The molecule has 3 nitrogen and oxygen atoms in total. The molecular formula is C17H18ClNO2. The lowest BCUT2D eigenvalue weighted by molar-refractivity contribution is 0.0945. The average Bonchev–Trinajstić information content (AvgIpc) is 2.46. The lowest BCUT2D eigenvalue weighted by atomic mass is 10.1. The predicted molar refractivity (Wildman–Crippen MR) is 84.8 cm³/mol. The number of benzene rings is 2. The monoisotopic (exact) mass is 303 g/mol. The average molecular weight is 304 g/mol. The van der Waals surface area contributed by atoms with E-state index >= 15 is 0 Å². The highest BCUT2D eigenvalue weighted by molar-refractivity contribution is 6.30. The number of halogens is 1. The predicted octanol–water partition coefficient (Wildman–Crippen LogP) is 4.06. The molecule has 4 heteroatoms. The van der Waals surface area contributed by atoms with E-state index in [9.17, 15) is 4.79 Å². The summed E-state index contributed by atoms with van der Waals surface area (Å²) in [5.74, 6) is 0.447. The normalized spacial score (nSPS) is 10.5. The molecule has 0 radical (unpaired) electrons. The van der Waals surface area contributed by atoms with Crippen LogP contribution in [0.1, 0.15) is 29.8 Å². The lowest BCUT2D eigenvalue weighted by Crippen LogP contribution is -2.24. The van der Waals surface area contributed by atoms with Gasteiger partial charge in [-0.3, -0.25) is 4.79 Å². The highest BCUT2D eigenvalue weighted by Gasteiger charge is 2.12. The van der Waals surface area contributed by atoms with Gasteiger partial charge in [-0.2, -0.15) is 0 Å². The van der Waals surface area contributed by atoms with Gasteiger partial charge >= 0.3 is 0 Å². The third-order valence-corrected chi connectivity index (χ3v) is 3.11. The molecule has 110 valence electrons. The smallest absolute Gasteiger partial charge is 0.255 e. The number of para-hydroxylation sites is 1. The van der Waals surface area contributed by atoms with Crippen molar-refractivity contribution in [3.8, 4) is 5.75 Å². The van der Waals surface area contributed by atoms with E-state index in [0.29, 0.717) is 22.9 Å². The quantitative estimate of drug-likeness (QED) is 0.904. The minimum atomic E-state index is -0.152. The minimum absolute atomic E-state index is 0.0233. The second-order valence-corrected chi connectivity index (χ2v) is 5.41. The van der Waals surface area contributed by atoms with Gasteiger partial charge in [0.2, 0.25) is 0 Å². The first-order valence-corrected chi connectivity index (χ1v) is 7.22. The van der Waals surface area contributed by atoms with E-state index < -0.39 is 0 Å². The van der Waals surface area contributed by atoms with Gasteiger partial charge in [0.1, 0.15) is 5.75 Å². The van der Waals surface area contributed by atoms with Crippen LogP contribution in [0.4, 0.5) is 0 Å². The molecule has 21 heavy (non-hydrogen) atoms. The molecular weight excluding hydrogens is 286 g/mol. The zero-order valence-corrected chi connectivity index (χ0v) is 12.9. The van der Waals surface area contributed by atoms with Gasteiger partial charge in [-0.05, 0) is 43.7 Å². The molecule has 0 aliphatic rings. The number of rotatable bonds is 5. The number of hydrogen-bond acceptors (Lipinski definition) is 2. The summed E-state index contributed by atoms with van der Waals surface area (Å²) in [5.41, 5.74) is 1.54. The summed E-state index contributed by atoms with van der Waals surface area (Å²) in [6.07, 6.45) is 0.0233. The van der Waals surface area contributed by atoms with Crippen molar-refractivity contribution in [1.82, 2.24) is 5.32 Å². The molecule has 0 aromatic heterocycles. The van der Waals surface area contributed by atoms with E-state index in [-0.39, 0.29) is 12.0 Å². The number of nitrogens with one attached hydrogen (secondary N) is 1. The number of carbonyl (C=O) groups excluding carboxylic acids is 1. The van der Waals surface area contributed by atoms with Gasteiger partial charge in [-0.1, -0.05) is 35.9 Å². The lowest BCUT2D eigenvalue weighted by Gasteiger charge is -2.14. The van der Waals surface area contributed by atoms with Gasteiger partial charge in [0.25, 0.3) is 5.91 Å². The molecule has 0 atom stereocenters. The fourth-order valence-corrected chi connectivity index (χ4v) is 2.02.